The Morgan fingerprint density at radius 3 is 2.65 bits per heavy atom. The van der Waals surface area contributed by atoms with Gasteiger partial charge >= 0.3 is 5.97 Å². The third-order valence-corrected chi connectivity index (χ3v) is 5.99. The molecule has 0 unspecified atom stereocenters. The predicted octanol–water partition coefficient (Wildman–Crippen LogP) is 2.49. The van der Waals surface area contributed by atoms with E-state index in [4.69, 9.17) is 4.74 Å². The number of sulfonamides is 1. The molecule has 0 spiro atoms. The van der Waals surface area contributed by atoms with E-state index in [1.54, 1.807) is 37.3 Å². The van der Waals surface area contributed by atoms with Crippen molar-refractivity contribution in [2.24, 2.45) is 0 Å². The predicted molar refractivity (Wildman–Crippen MR) is 113 cm³/mol. The monoisotopic (exact) mass is 440 g/mol. The molecule has 160 valence electrons. The van der Waals surface area contributed by atoms with Gasteiger partial charge in [-0.15, -0.1) is 0 Å². The van der Waals surface area contributed by atoms with Crippen LogP contribution < -0.4 is 4.72 Å². The van der Waals surface area contributed by atoms with E-state index in [2.05, 4.69) is 14.7 Å². The zero-order valence-electron chi connectivity index (χ0n) is 16.8. The van der Waals surface area contributed by atoms with E-state index in [1.807, 2.05) is 13.0 Å². The summed E-state index contributed by atoms with van der Waals surface area (Å²) in [6.07, 6.45) is 0. The van der Waals surface area contributed by atoms with E-state index in [0.717, 1.165) is 11.1 Å². The Morgan fingerprint density at radius 1 is 1.23 bits per heavy atom. The summed E-state index contributed by atoms with van der Waals surface area (Å²) in [6, 6.07) is 13.5. The highest BCUT2D eigenvalue weighted by molar-refractivity contribution is 7.89. The number of nitrogens with zero attached hydrogens (tertiary/aromatic N) is 2. The van der Waals surface area contributed by atoms with E-state index in [0.29, 0.717) is 11.0 Å². The lowest BCUT2D eigenvalue weighted by atomic mass is 10.1. The first-order valence-corrected chi connectivity index (χ1v) is 10.7. The van der Waals surface area contributed by atoms with Crippen LogP contribution in [0.2, 0.25) is 0 Å². The highest BCUT2D eigenvalue weighted by Gasteiger charge is 2.18. The number of carbonyl (C=O) groups is 1. The number of carbonyl (C=O) groups excluding carboxylic acids is 1. The third-order valence-electron chi connectivity index (χ3n) is 4.59. The second kappa shape index (κ2) is 8.99. The summed E-state index contributed by atoms with van der Waals surface area (Å²) in [4.78, 5) is 19.1. The summed E-state index contributed by atoms with van der Waals surface area (Å²) in [7, 11) is -3.90. The van der Waals surface area contributed by atoms with Gasteiger partial charge in [0.2, 0.25) is 10.0 Å². The van der Waals surface area contributed by atoms with Crippen molar-refractivity contribution in [1.29, 1.82) is 5.26 Å². The molecule has 1 aromatic heterocycles. The Bertz CT molecular complexity index is 1290. The van der Waals surface area contributed by atoms with Crippen LogP contribution in [0.4, 0.5) is 0 Å². The fourth-order valence-corrected chi connectivity index (χ4v) is 3.77. The maximum Gasteiger partial charge on any atom is 0.321 e. The maximum absolute atomic E-state index is 12.3. The summed E-state index contributed by atoms with van der Waals surface area (Å²) in [6.45, 7) is 2.41. The Hall–Kier alpha value is -3.68. The number of aromatic nitrogens is 2. The molecule has 0 aliphatic carbocycles. The molecule has 3 rings (SSSR count). The fraction of sp³-hybridized carbons (Fsp3) is 0.190. The maximum atomic E-state index is 12.3. The minimum atomic E-state index is -3.90. The van der Waals surface area contributed by atoms with Gasteiger partial charge in [0.25, 0.3) is 0 Å². The van der Waals surface area contributed by atoms with Crippen LogP contribution in [-0.2, 0) is 19.6 Å². The number of hydrogen-bond donors (Lipinski definition) is 3. The number of aliphatic hydroxyl groups is 1. The standard InChI is InChI=1S/C21H20N4O5S/c1-13-7-8-15(9-14(13)2)31(28,29)23-11-20(27)30-12-19(26)16(10-22)21-24-17-5-3-4-6-18(17)25-21/h3-9,23,26H,11-12H2,1-2H3,(H,24,25)/b19-16-. The molecular weight excluding hydrogens is 420 g/mol. The molecule has 0 atom stereocenters. The number of aryl methyl sites for hydroxylation is 2. The summed E-state index contributed by atoms with van der Waals surface area (Å²) >= 11 is 0. The molecule has 0 fully saturated rings. The number of para-hydroxylation sites is 2. The van der Waals surface area contributed by atoms with Gasteiger partial charge in [0, 0.05) is 0 Å². The van der Waals surface area contributed by atoms with Crippen molar-refractivity contribution in [3.8, 4) is 6.07 Å². The van der Waals surface area contributed by atoms with Crippen LogP contribution in [0.5, 0.6) is 0 Å². The molecule has 10 heteroatoms. The van der Waals surface area contributed by atoms with E-state index in [9.17, 15) is 23.6 Å². The molecule has 31 heavy (non-hydrogen) atoms. The number of imidazole rings is 1. The van der Waals surface area contributed by atoms with Crippen LogP contribution in [0.25, 0.3) is 16.6 Å². The van der Waals surface area contributed by atoms with Crippen molar-refractivity contribution >= 4 is 32.6 Å². The van der Waals surface area contributed by atoms with Gasteiger partial charge in [-0.25, -0.2) is 13.4 Å². The summed E-state index contributed by atoms with van der Waals surface area (Å²) in [5.74, 6) is -1.29. The van der Waals surface area contributed by atoms with E-state index in [1.165, 1.54) is 12.1 Å². The number of allylic oxidation sites excluding steroid dienone is 1. The van der Waals surface area contributed by atoms with Gasteiger partial charge in [0.05, 0.1) is 15.9 Å². The lowest BCUT2D eigenvalue weighted by Crippen LogP contribution is -2.31. The highest BCUT2D eigenvalue weighted by Crippen LogP contribution is 2.19. The van der Waals surface area contributed by atoms with Crippen LogP contribution >= 0.6 is 0 Å². The summed E-state index contributed by atoms with van der Waals surface area (Å²) < 4.78 is 31.7. The van der Waals surface area contributed by atoms with Gasteiger partial charge in [-0.2, -0.15) is 9.98 Å². The Morgan fingerprint density at radius 2 is 1.97 bits per heavy atom. The lowest BCUT2D eigenvalue weighted by Gasteiger charge is -2.09. The molecule has 0 saturated heterocycles. The summed E-state index contributed by atoms with van der Waals surface area (Å²) in [5, 5.41) is 19.5. The Labute approximate surface area is 179 Å². The zero-order valence-corrected chi connectivity index (χ0v) is 17.7. The van der Waals surface area contributed by atoms with Crippen molar-refractivity contribution in [3.05, 3.63) is 65.2 Å². The van der Waals surface area contributed by atoms with Crippen LogP contribution in [0, 0.1) is 25.2 Å². The van der Waals surface area contributed by atoms with Crippen molar-refractivity contribution < 1.29 is 23.1 Å². The molecule has 0 aliphatic heterocycles. The minimum absolute atomic E-state index is 0.0304. The van der Waals surface area contributed by atoms with Crippen molar-refractivity contribution in [2.45, 2.75) is 18.7 Å². The van der Waals surface area contributed by atoms with E-state index in [-0.39, 0.29) is 16.3 Å². The van der Waals surface area contributed by atoms with Crippen LogP contribution in [-0.4, -0.2) is 42.6 Å². The van der Waals surface area contributed by atoms with Gasteiger partial charge < -0.3 is 14.8 Å². The number of nitrogens with one attached hydrogen (secondary N) is 2. The van der Waals surface area contributed by atoms with Crippen LogP contribution in [0.3, 0.4) is 0 Å². The van der Waals surface area contributed by atoms with Gasteiger partial charge in [-0.1, -0.05) is 18.2 Å². The third kappa shape index (κ3) is 5.09. The number of nitriles is 1. The smallest absolute Gasteiger partial charge is 0.321 e. The molecule has 0 amide bonds. The number of H-pyrrole nitrogens is 1. The van der Waals surface area contributed by atoms with Crippen LogP contribution in [0.1, 0.15) is 17.0 Å². The topological polar surface area (TPSA) is 145 Å². The van der Waals surface area contributed by atoms with Crippen LogP contribution in [0.15, 0.2) is 53.1 Å². The number of fused-ring (bicyclic) bond motifs is 1. The van der Waals surface area contributed by atoms with Gasteiger partial charge in [0.15, 0.2) is 11.6 Å². The molecular formula is C21H20N4O5S. The first-order chi connectivity index (χ1) is 14.7. The van der Waals surface area contributed by atoms with Crippen molar-refractivity contribution in [2.75, 3.05) is 13.2 Å². The van der Waals surface area contributed by atoms with E-state index >= 15 is 0 Å². The number of benzene rings is 2. The number of aliphatic hydroxyl groups excluding tert-OH is 1. The first-order valence-electron chi connectivity index (χ1n) is 9.21. The second-order valence-electron chi connectivity index (χ2n) is 6.77. The first kappa shape index (κ1) is 22.0. The lowest BCUT2D eigenvalue weighted by molar-refractivity contribution is -0.141. The number of ether oxygens (including phenoxy) is 1. The summed E-state index contributed by atoms with van der Waals surface area (Å²) in [5.41, 5.74) is 2.85. The quantitative estimate of drug-likeness (QED) is 0.291. The fourth-order valence-electron chi connectivity index (χ4n) is 2.72. The number of rotatable bonds is 7. The molecule has 1 heterocycles. The molecule has 0 aliphatic rings. The molecule has 2 aromatic carbocycles. The normalized spacial score (nSPS) is 12.3. The highest BCUT2D eigenvalue weighted by atomic mass is 32.2. The molecule has 3 N–H and O–H groups in total. The molecule has 0 radical (unpaired) electrons. The van der Waals surface area contributed by atoms with Crippen molar-refractivity contribution in [1.82, 2.24) is 14.7 Å². The van der Waals surface area contributed by atoms with Gasteiger partial charge in [-0.3, -0.25) is 4.79 Å². The molecule has 3 aromatic rings. The molecule has 0 bridgehead atoms. The number of hydrogen-bond acceptors (Lipinski definition) is 7. The Balaban J connectivity index is 1.63. The van der Waals surface area contributed by atoms with Crippen molar-refractivity contribution in [3.63, 3.8) is 0 Å². The zero-order chi connectivity index (χ0) is 22.6. The van der Waals surface area contributed by atoms with Gasteiger partial charge in [-0.05, 0) is 49.2 Å². The number of esters is 1. The molecule has 9 nitrogen and oxygen atoms in total. The minimum Gasteiger partial charge on any atom is -0.507 e. The SMILES string of the molecule is Cc1ccc(S(=O)(=O)NCC(=O)OC/C(O)=C(\C#N)c2nc3ccccc3[nH]2)cc1C. The Kier molecular flexibility index (Phi) is 6.39. The molecule has 0 saturated carbocycles. The van der Waals surface area contributed by atoms with E-state index < -0.39 is 34.9 Å². The van der Waals surface area contributed by atoms with Gasteiger partial charge in [0.1, 0.15) is 24.8 Å². The average Bonchev–Trinajstić information content (AvgIpc) is 3.17. The number of aromatic amines is 1. The largest absolute Gasteiger partial charge is 0.507 e. The second-order valence-corrected chi connectivity index (χ2v) is 8.53. The average molecular weight is 440 g/mol.